The average molecular weight is 517 g/mol. The van der Waals surface area contributed by atoms with Crippen molar-refractivity contribution in [2.75, 3.05) is 32.1 Å². The van der Waals surface area contributed by atoms with Crippen molar-refractivity contribution in [2.24, 2.45) is 0 Å². The minimum absolute atomic E-state index is 0.0108. The van der Waals surface area contributed by atoms with Crippen molar-refractivity contribution in [3.63, 3.8) is 0 Å². The number of hydrogen-bond donors (Lipinski definition) is 3. The predicted octanol–water partition coefficient (Wildman–Crippen LogP) is 2.71. The van der Waals surface area contributed by atoms with Crippen LogP contribution in [0.3, 0.4) is 0 Å². The molecule has 1 aliphatic rings. The van der Waals surface area contributed by atoms with Gasteiger partial charge in [0.15, 0.2) is 5.75 Å². The van der Waals surface area contributed by atoms with Gasteiger partial charge in [0, 0.05) is 17.6 Å². The van der Waals surface area contributed by atoms with Gasteiger partial charge in [0.05, 0.1) is 36.5 Å². The number of carbonyl (C=O) groups is 2. The van der Waals surface area contributed by atoms with Gasteiger partial charge in [0.25, 0.3) is 16.0 Å². The van der Waals surface area contributed by atoms with E-state index in [1.807, 2.05) is 0 Å². The number of nitrogens with zero attached hydrogens (tertiary/aromatic N) is 1. The molecule has 1 heterocycles. The second-order valence-corrected chi connectivity index (χ2v) is 8.96. The van der Waals surface area contributed by atoms with E-state index in [9.17, 15) is 27.7 Å². The van der Waals surface area contributed by atoms with Gasteiger partial charge in [-0.3, -0.25) is 9.35 Å². The standard InChI is InChI=1S/C20H18Cl2N2O8S/c1-31-20(27)13-10-24(6-7-25)19(26)18(13)23-15-8-14(22)17(33(28,29)30)9-16(15)32-12-4-2-11(21)3-5-12/h2-5,8-9,23,25H,6-7,10H2,1H3,(H,28,29,30). The lowest BCUT2D eigenvalue weighted by Gasteiger charge is -2.17. The summed E-state index contributed by atoms with van der Waals surface area (Å²) < 4.78 is 43.4. The average Bonchev–Trinajstić information content (AvgIpc) is 3.05. The zero-order valence-electron chi connectivity index (χ0n) is 17.0. The molecule has 10 nitrogen and oxygen atoms in total. The van der Waals surface area contributed by atoms with Crippen LogP contribution in [0.2, 0.25) is 10.0 Å². The van der Waals surface area contributed by atoms with Gasteiger partial charge in [0.2, 0.25) is 0 Å². The summed E-state index contributed by atoms with van der Waals surface area (Å²) in [4.78, 5) is 25.6. The third-order valence-corrected chi connectivity index (χ3v) is 6.14. The van der Waals surface area contributed by atoms with Gasteiger partial charge < -0.3 is 24.8 Å². The smallest absolute Gasteiger partial charge is 0.337 e. The van der Waals surface area contributed by atoms with Crippen molar-refractivity contribution in [3.8, 4) is 11.5 Å². The lowest BCUT2D eigenvalue weighted by Crippen LogP contribution is -2.31. The SMILES string of the molecule is COC(=O)C1=C(Nc2cc(Cl)c(S(=O)(=O)O)cc2Oc2ccc(Cl)cc2)C(=O)N(CCO)C1. The number of aliphatic hydroxyl groups is 1. The quantitative estimate of drug-likeness (QED) is 0.356. The third-order valence-electron chi connectivity index (χ3n) is 4.57. The highest BCUT2D eigenvalue weighted by atomic mass is 35.5. The van der Waals surface area contributed by atoms with Crippen LogP contribution in [-0.4, -0.2) is 61.7 Å². The van der Waals surface area contributed by atoms with E-state index >= 15 is 0 Å². The first-order valence-electron chi connectivity index (χ1n) is 9.28. The largest absolute Gasteiger partial charge is 0.466 e. The molecule has 0 saturated carbocycles. The molecule has 0 unspecified atom stereocenters. The number of carbonyl (C=O) groups excluding carboxylic acids is 2. The first-order chi connectivity index (χ1) is 15.5. The Kier molecular flexibility index (Phi) is 7.50. The highest BCUT2D eigenvalue weighted by Gasteiger charge is 2.35. The third kappa shape index (κ3) is 5.57. The number of methoxy groups -OCH3 is 1. The Hall–Kier alpha value is -2.83. The summed E-state index contributed by atoms with van der Waals surface area (Å²) >= 11 is 11.9. The number of ether oxygens (including phenoxy) is 2. The zero-order valence-corrected chi connectivity index (χ0v) is 19.4. The molecule has 0 bridgehead atoms. The van der Waals surface area contributed by atoms with Gasteiger partial charge in [-0.05, 0) is 30.3 Å². The number of β-amino-alcohol motifs (C(OH)–C–C–N with tert-alkyl or cyclic N) is 1. The second-order valence-electron chi connectivity index (χ2n) is 6.73. The van der Waals surface area contributed by atoms with Crippen molar-refractivity contribution in [1.82, 2.24) is 4.90 Å². The van der Waals surface area contributed by atoms with Gasteiger partial charge in [-0.1, -0.05) is 23.2 Å². The Labute approximate surface area is 199 Å². The summed E-state index contributed by atoms with van der Waals surface area (Å²) in [5, 5.41) is 12.0. The molecular formula is C20H18Cl2N2O8S. The molecular weight excluding hydrogens is 499 g/mol. The molecule has 0 radical (unpaired) electrons. The molecule has 0 aliphatic carbocycles. The normalized spacial score (nSPS) is 14.0. The Morgan fingerprint density at radius 1 is 1.21 bits per heavy atom. The fourth-order valence-electron chi connectivity index (χ4n) is 3.03. The maximum absolute atomic E-state index is 12.8. The summed E-state index contributed by atoms with van der Waals surface area (Å²) in [6.07, 6.45) is 0. The molecule has 2 aromatic carbocycles. The molecule has 0 spiro atoms. The van der Waals surface area contributed by atoms with E-state index in [0.29, 0.717) is 5.02 Å². The number of halogens is 2. The van der Waals surface area contributed by atoms with Crippen LogP contribution in [0.5, 0.6) is 11.5 Å². The molecule has 13 heteroatoms. The summed E-state index contributed by atoms with van der Waals surface area (Å²) in [6, 6.07) is 8.19. The van der Waals surface area contributed by atoms with Crippen LogP contribution in [0.4, 0.5) is 5.69 Å². The molecule has 3 rings (SSSR count). The molecule has 0 fully saturated rings. The van der Waals surface area contributed by atoms with Gasteiger partial charge in [-0.25, -0.2) is 4.79 Å². The molecule has 0 aromatic heterocycles. The fraction of sp³-hybridized carbons (Fsp3) is 0.200. The summed E-state index contributed by atoms with van der Waals surface area (Å²) in [7, 11) is -3.55. The molecule has 0 saturated heterocycles. The number of benzene rings is 2. The predicted molar refractivity (Wildman–Crippen MR) is 119 cm³/mol. The molecule has 33 heavy (non-hydrogen) atoms. The Bertz CT molecular complexity index is 1230. The van der Waals surface area contributed by atoms with Crippen LogP contribution in [0.25, 0.3) is 0 Å². The number of hydrogen-bond acceptors (Lipinski definition) is 8. The first kappa shape index (κ1) is 24.8. The van der Waals surface area contributed by atoms with Crippen LogP contribution in [-0.2, 0) is 24.4 Å². The Morgan fingerprint density at radius 2 is 1.88 bits per heavy atom. The number of esters is 1. The summed E-state index contributed by atoms with van der Waals surface area (Å²) in [5.41, 5.74) is -0.145. The van der Waals surface area contributed by atoms with Crippen molar-refractivity contribution in [2.45, 2.75) is 4.90 Å². The molecule has 1 aliphatic heterocycles. The fourth-order valence-corrected chi connectivity index (χ4v) is 4.17. The van der Waals surface area contributed by atoms with Crippen molar-refractivity contribution < 1.29 is 37.1 Å². The van der Waals surface area contributed by atoms with Crippen molar-refractivity contribution >= 4 is 50.9 Å². The minimum Gasteiger partial charge on any atom is -0.466 e. The maximum atomic E-state index is 12.8. The van der Waals surface area contributed by atoms with E-state index < -0.39 is 26.9 Å². The first-order valence-corrected chi connectivity index (χ1v) is 11.5. The highest BCUT2D eigenvalue weighted by molar-refractivity contribution is 7.86. The second kappa shape index (κ2) is 9.98. The van der Waals surface area contributed by atoms with Crippen LogP contribution < -0.4 is 10.1 Å². The van der Waals surface area contributed by atoms with Crippen molar-refractivity contribution in [1.29, 1.82) is 0 Å². The van der Waals surface area contributed by atoms with Gasteiger partial charge in [0.1, 0.15) is 16.3 Å². The van der Waals surface area contributed by atoms with E-state index in [1.165, 1.54) is 29.2 Å². The van der Waals surface area contributed by atoms with Gasteiger partial charge in [-0.15, -0.1) is 0 Å². The van der Waals surface area contributed by atoms with E-state index in [0.717, 1.165) is 19.2 Å². The topological polar surface area (TPSA) is 142 Å². The van der Waals surface area contributed by atoms with E-state index in [2.05, 4.69) is 5.32 Å². The molecule has 176 valence electrons. The van der Waals surface area contributed by atoms with E-state index in [1.54, 1.807) is 0 Å². The molecule has 2 aromatic rings. The van der Waals surface area contributed by atoms with Crippen LogP contribution in [0, 0.1) is 0 Å². The Balaban J connectivity index is 2.10. The van der Waals surface area contributed by atoms with Crippen LogP contribution in [0.1, 0.15) is 0 Å². The molecule has 3 N–H and O–H groups in total. The molecule has 1 amide bonds. The Morgan fingerprint density at radius 3 is 2.45 bits per heavy atom. The monoisotopic (exact) mass is 516 g/mol. The van der Waals surface area contributed by atoms with E-state index in [-0.39, 0.29) is 53.2 Å². The van der Waals surface area contributed by atoms with Crippen molar-refractivity contribution in [3.05, 3.63) is 57.7 Å². The number of amides is 1. The summed E-state index contributed by atoms with van der Waals surface area (Å²) in [6.45, 7) is -0.465. The number of anilines is 1. The van der Waals surface area contributed by atoms with Gasteiger partial charge >= 0.3 is 5.97 Å². The molecule has 0 atom stereocenters. The van der Waals surface area contributed by atoms with Gasteiger partial charge in [-0.2, -0.15) is 8.42 Å². The minimum atomic E-state index is -4.70. The lowest BCUT2D eigenvalue weighted by atomic mass is 10.2. The lowest BCUT2D eigenvalue weighted by molar-refractivity contribution is -0.136. The summed E-state index contributed by atoms with van der Waals surface area (Å²) in [5.74, 6) is -1.24. The number of nitrogens with one attached hydrogen (secondary N) is 1. The van der Waals surface area contributed by atoms with Crippen LogP contribution >= 0.6 is 23.2 Å². The van der Waals surface area contributed by atoms with E-state index in [4.69, 9.17) is 32.7 Å². The zero-order chi connectivity index (χ0) is 24.3. The van der Waals surface area contributed by atoms with Crippen LogP contribution in [0.15, 0.2) is 52.6 Å². The number of rotatable bonds is 8. The number of aliphatic hydroxyl groups excluding tert-OH is 1. The maximum Gasteiger partial charge on any atom is 0.337 e. The highest BCUT2D eigenvalue weighted by Crippen LogP contribution is 2.38.